The van der Waals surface area contributed by atoms with Gasteiger partial charge in [-0.1, -0.05) is 36.2 Å². The molecule has 1 unspecified atom stereocenters. The first-order valence-electron chi connectivity index (χ1n) is 18.8. The van der Waals surface area contributed by atoms with Gasteiger partial charge >= 0.3 is 12.1 Å². The van der Waals surface area contributed by atoms with Gasteiger partial charge in [-0.05, 0) is 144 Å². The van der Waals surface area contributed by atoms with Crippen molar-refractivity contribution in [2.24, 2.45) is 17.3 Å². The lowest BCUT2D eigenvalue weighted by Crippen LogP contribution is -2.48. The number of ether oxygens (including phenoxy) is 1. The van der Waals surface area contributed by atoms with E-state index in [1.54, 1.807) is 17.7 Å². The van der Waals surface area contributed by atoms with E-state index in [0.717, 1.165) is 94.7 Å². The highest BCUT2D eigenvalue weighted by molar-refractivity contribution is 6.30. The van der Waals surface area contributed by atoms with Crippen molar-refractivity contribution in [1.29, 1.82) is 0 Å². The van der Waals surface area contributed by atoms with Crippen LogP contribution in [0.25, 0.3) is 5.57 Å². The van der Waals surface area contributed by atoms with Crippen molar-refractivity contribution in [1.82, 2.24) is 14.7 Å². The van der Waals surface area contributed by atoms with E-state index in [1.165, 1.54) is 43.5 Å². The highest BCUT2D eigenvalue weighted by Gasteiger charge is 2.37. The number of piperidine rings is 2. The summed E-state index contributed by atoms with van der Waals surface area (Å²) in [5, 5.41) is 10.1. The number of halogens is 1. The van der Waals surface area contributed by atoms with Crippen LogP contribution in [0.4, 0.5) is 10.5 Å². The zero-order valence-electron chi connectivity index (χ0n) is 30.6. The number of carboxylic acids is 1. The fraction of sp³-hybridized carbons (Fsp3) is 0.610. The van der Waals surface area contributed by atoms with Crippen LogP contribution in [0.15, 0.2) is 54.1 Å². The molecule has 3 fully saturated rings. The number of nitrogens with zero attached hydrogens (tertiary/aromatic N) is 4. The second-order valence-electron chi connectivity index (χ2n) is 16.6. The molecule has 0 spiro atoms. The monoisotopic (exact) mass is 704 g/mol. The quantitative estimate of drug-likeness (QED) is 0.297. The predicted molar refractivity (Wildman–Crippen MR) is 202 cm³/mol. The number of carbonyl (C=O) groups excluding carboxylic acids is 1. The molecule has 272 valence electrons. The van der Waals surface area contributed by atoms with Gasteiger partial charge in [-0.25, -0.2) is 9.59 Å². The SMILES string of the molecule is CC1(CN2CCC(C3CCN(C(=O)OC(C)(C)C)CC3)CC2)CCC(c2ccc(Cl)cc2)=C(CN2CCN(c3ccc(C(=O)O)cc3)CC2)C1. The minimum absolute atomic E-state index is 0.161. The van der Waals surface area contributed by atoms with Gasteiger partial charge in [0.05, 0.1) is 5.56 Å². The minimum atomic E-state index is -0.885. The van der Waals surface area contributed by atoms with Crippen molar-refractivity contribution in [3.05, 3.63) is 70.3 Å². The Kier molecular flexibility index (Phi) is 11.5. The van der Waals surface area contributed by atoms with Crippen LogP contribution in [0.3, 0.4) is 0 Å². The molecule has 1 N–H and O–H groups in total. The van der Waals surface area contributed by atoms with Crippen molar-refractivity contribution in [3.8, 4) is 0 Å². The number of rotatable bonds is 8. The van der Waals surface area contributed by atoms with E-state index >= 15 is 0 Å². The first kappa shape index (κ1) is 36.7. The van der Waals surface area contributed by atoms with Crippen LogP contribution in [0.5, 0.6) is 0 Å². The number of anilines is 1. The topological polar surface area (TPSA) is 76.6 Å². The summed E-state index contributed by atoms with van der Waals surface area (Å²) in [5.41, 5.74) is 5.61. The Labute approximate surface area is 304 Å². The molecule has 3 aliphatic heterocycles. The summed E-state index contributed by atoms with van der Waals surface area (Å²) in [6.07, 6.45) is 7.94. The van der Waals surface area contributed by atoms with E-state index in [9.17, 15) is 14.7 Å². The molecule has 1 amide bonds. The third kappa shape index (κ3) is 9.42. The molecule has 2 aromatic carbocycles. The summed E-state index contributed by atoms with van der Waals surface area (Å²) in [6.45, 7) is 18.3. The molecule has 2 aromatic rings. The number of aromatic carboxylic acids is 1. The maximum absolute atomic E-state index is 12.6. The standard InChI is InChI=1S/C41H57ClN4O4/c1-40(2,3)50-39(49)46-21-16-31(17-22-46)30-14-19-44(20-15-30)29-41(4)18-13-37(32-5-9-35(42)10-6-32)34(27-41)28-43-23-25-45(26-24-43)36-11-7-33(8-12-36)38(47)48/h5-12,30-31H,13-29H2,1-4H3,(H,47,48). The lowest BCUT2D eigenvalue weighted by molar-refractivity contribution is 0.0126. The molecule has 0 aromatic heterocycles. The number of benzene rings is 2. The molecule has 50 heavy (non-hydrogen) atoms. The van der Waals surface area contributed by atoms with Crippen LogP contribution in [0, 0.1) is 17.3 Å². The zero-order chi connectivity index (χ0) is 35.5. The van der Waals surface area contributed by atoms with E-state index in [0.29, 0.717) is 11.5 Å². The Morgan fingerprint density at radius 1 is 0.840 bits per heavy atom. The van der Waals surface area contributed by atoms with Gasteiger partial charge in [-0.15, -0.1) is 0 Å². The van der Waals surface area contributed by atoms with Crippen LogP contribution in [0.1, 0.15) is 88.6 Å². The van der Waals surface area contributed by atoms with Crippen molar-refractivity contribution in [2.75, 3.05) is 70.3 Å². The molecule has 4 aliphatic rings. The predicted octanol–water partition coefficient (Wildman–Crippen LogP) is 8.16. The first-order chi connectivity index (χ1) is 23.8. The summed E-state index contributed by atoms with van der Waals surface area (Å²) < 4.78 is 5.62. The molecule has 0 bridgehead atoms. The van der Waals surface area contributed by atoms with Gasteiger partial charge in [0.15, 0.2) is 0 Å². The Balaban J connectivity index is 1.04. The number of hydrogen-bond donors (Lipinski definition) is 1. The van der Waals surface area contributed by atoms with E-state index in [1.807, 2.05) is 49.9 Å². The normalized spacial score (nSPS) is 23.7. The fourth-order valence-electron chi connectivity index (χ4n) is 8.85. The number of piperazine rings is 1. The van der Waals surface area contributed by atoms with E-state index in [2.05, 4.69) is 33.8 Å². The fourth-order valence-corrected chi connectivity index (χ4v) is 8.98. The molecule has 1 atom stereocenters. The summed E-state index contributed by atoms with van der Waals surface area (Å²) in [6, 6.07) is 15.7. The average molecular weight is 705 g/mol. The maximum Gasteiger partial charge on any atom is 0.410 e. The van der Waals surface area contributed by atoms with Gasteiger partial charge in [-0.3, -0.25) is 4.90 Å². The van der Waals surface area contributed by atoms with E-state index in [-0.39, 0.29) is 11.5 Å². The van der Waals surface area contributed by atoms with Gasteiger partial charge in [0.1, 0.15) is 5.60 Å². The number of carbonyl (C=O) groups is 2. The molecule has 0 saturated carbocycles. The van der Waals surface area contributed by atoms with E-state index in [4.69, 9.17) is 16.3 Å². The largest absolute Gasteiger partial charge is 0.478 e. The molecule has 8 nitrogen and oxygen atoms in total. The Hall–Kier alpha value is -3.07. The van der Waals surface area contributed by atoms with Gasteiger partial charge < -0.3 is 24.5 Å². The van der Waals surface area contributed by atoms with Crippen molar-refractivity contribution < 1.29 is 19.4 Å². The maximum atomic E-state index is 12.6. The number of hydrogen-bond acceptors (Lipinski definition) is 6. The molecule has 3 saturated heterocycles. The number of amides is 1. The third-order valence-corrected chi connectivity index (χ3v) is 11.9. The van der Waals surface area contributed by atoms with Crippen LogP contribution < -0.4 is 4.90 Å². The first-order valence-corrected chi connectivity index (χ1v) is 19.2. The van der Waals surface area contributed by atoms with Crippen LogP contribution in [0.2, 0.25) is 5.02 Å². The highest BCUT2D eigenvalue weighted by Crippen LogP contribution is 2.44. The number of likely N-dealkylation sites (tertiary alicyclic amines) is 2. The molecule has 1 aliphatic carbocycles. The minimum Gasteiger partial charge on any atom is -0.478 e. The second kappa shape index (κ2) is 15.7. The smallest absolute Gasteiger partial charge is 0.410 e. The second-order valence-corrected chi connectivity index (χ2v) is 17.0. The number of carboxylic acid groups (broad SMARTS) is 1. The van der Waals surface area contributed by atoms with Crippen LogP contribution in [-0.2, 0) is 4.74 Å². The van der Waals surface area contributed by atoms with Crippen molar-refractivity contribution in [3.63, 3.8) is 0 Å². The Bertz CT molecular complexity index is 1500. The zero-order valence-corrected chi connectivity index (χ0v) is 31.4. The van der Waals surface area contributed by atoms with Crippen molar-refractivity contribution >= 4 is 34.9 Å². The molecule has 0 radical (unpaired) electrons. The average Bonchev–Trinajstić information content (AvgIpc) is 3.09. The summed E-state index contributed by atoms with van der Waals surface area (Å²) in [4.78, 5) is 33.5. The Morgan fingerprint density at radius 2 is 1.44 bits per heavy atom. The Morgan fingerprint density at radius 3 is 2.02 bits per heavy atom. The summed E-state index contributed by atoms with van der Waals surface area (Å²) in [5.74, 6) is 0.582. The lowest BCUT2D eigenvalue weighted by atomic mass is 9.70. The molecular weight excluding hydrogens is 648 g/mol. The number of allylic oxidation sites excluding steroid dienone is 1. The van der Waals surface area contributed by atoms with Gasteiger partial charge in [0, 0.05) is 63.1 Å². The van der Waals surface area contributed by atoms with Gasteiger partial charge in [0.2, 0.25) is 0 Å². The molecular formula is C41H57ClN4O4. The molecule has 9 heteroatoms. The van der Waals surface area contributed by atoms with E-state index < -0.39 is 11.6 Å². The van der Waals surface area contributed by atoms with Crippen LogP contribution >= 0.6 is 11.6 Å². The van der Waals surface area contributed by atoms with Crippen molar-refractivity contribution in [2.45, 2.75) is 78.2 Å². The highest BCUT2D eigenvalue weighted by atomic mass is 35.5. The van der Waals surface area contributed by atoms with Gasteiger partial charge in [0.25, 0.3) is 0 Å². The lowest BCUT2D eigenvalue weighted by Gasteiger charge is -2.45. The van der Waals surface area contributed by atoms with Crippen LogP contribution in [-0.4, -0.2) is 103 Å². The molecule has 6 rings (SSSR count). The summed E-state index contributed by atoms with van der Waals surface area (Å²) >= 11 is 6.30. The molecule has 3 heterocycles. The summed E-state index contributed by atoms with van der Waals surface area (Å²) in [7, 11) is 0. The third-order valence-electron chi connectivity index (χ3n) is 11.6. The van der Waals surface area contributed by atoms with Gasteiger partial charge in [-0.2, -0.15) is 0 Å².